The third-order valence-electron chi connectivity index (χ3n) is 2.95. The Kier molecular flexibility index (Phi) is 4.11. The molecule has 0 heterocycles. The third kappa shape index (κ3) is 2.35. The van der Waals surface area contributed by atoms with Crippen molar-refractivity contribution >= 4 is 0 Å². The highest BCUT2D eigenvalue weighted by Crippen LogP contribution is 2.35. The number of methoxy groups -OCH3 is 1. The van der Waals surface area contributed by atoms with Crippen LogP contribution in [0.1, 0.15) is 26.7 Å². The van der Waals surface area contributed by atoms with Gasteiger partial charge in [-0.25, -0.2) is 0 Å². The highest BCUT2D eigenvalue weighted by Gasteiger charge is 2.36. The minimum atomic E-state index is -0.408. The third-order valence-corrected chi connectivity index (χ3v) is 2.95. The lowest BCUT2D eigenvalue weighted by Gasteiger charge is -2.22. The van der Waals surface area contributed by atoms with Crippen molar-refractivity contribution in [2.45, 2.75) is 45.2 Å². The Bertz CT molecular complexity index is 203. The molecule has 3 heteroatoms. The molecule has 1 rings (SSSR count). The van der Waals surface area contributed by atoms with Crippen LogP contribution >= 0.6 is 0 Å². The van der Waals surface area contributed by atoms with Gasteiger partial charge in [0.2, 0.25) is 0 Å². The molecule has 1 N–H and O–H groups in total. The van der Waals surface area contributed by atoms with Crippen LogP contribution in [-0.2, 0) is 9.47 Å². The van der Waals surface area contributed by atoms with Gasteiger partial charge in [0, 0.05) is 19.4 Å². The normalized spacial score (nSPS) is 34.9. The fourth-order valence-electron chi connectivity index (χ4n) is 2.00. The van der Waals surface area contributed by atoms with Gasteiger partial charge in [0.05, 0.1) is 12.2 Å². The molecular formula is C11H20O3. The van der Waals surface area contributed by atoms with Gasteiger partial charge in [-0.15, -0.1) is 0 Å². The summed E-state index contributed by atoms with van der Waals surface area (Å²) in [5, 5.41) is 9.63. The summed E-state index contributed by atoms with van der Waals surface area (Å²) in [5.41, 5.74) is 0.904. The molecule has 0 aliphatic heterocycles. The Morgan fingerprint density at radius 1 is 1.64 bits per heavy atom. The van der Waals surface area contributed by atoms with Crippen LogP contribution in [0.4, 0.5) is 0 Å². The molecular weight excluding hydrogens is 180 g/mol. The summed E-state index contributed by atoms with van der Waals surface area (Å²) in [6.45, 7) is 7.85. The van der Waals surface area contributed by atoms with Crippen molar-refractivity contribution < 1.29 is 14.6 Å². The smallest absolute Gasteiger partial charge is 0.154 e. The topological polar surface area (TPSA) is 38.7 Å². The van der Waals surface area contributed by atoms with E-state index in [1.54, 1.807) is 7.11 Å². The zero-order valence-corrected chi connectivity index (χ0v) is 9.19. The number of hydrogen-bond donors (Lipinski definition) is 1. The van der Waals surface area contributed by atoms with E-state index in [1.165, 1.54) is 0 Å². The second-order valence-corrected chi connectivity index (χ2v) is 3.82. The quantitative estimate of drug-likeness (QED) is 0.554. The molecule has 0 unspecified atom stereocenters. The SMILES string of the molecule is C=C1[C@H](O)C[C@H](O[C@H](C)OC)[C@H]1CC. The standard InChI is InChI=1S/C11H20O3/c1-5-9-7(2)10(12)6-11(9)14-8(3)13-4/h8-12H,2,5-6H2,1,3-4H3/t8-,9+,10-,11+/m1/s1. The van der Waals surface area contributed by atoms with Crippen molar-refractivity contribution in [2.75, 3.05) is 7.11 Å². The van der Waals surface area contributed by atoms with E-state index in [0.717, 1.165) is 12.0 Å². The minimum absolute atomic E-state index is 0.0532. The van der Waals surface area contributed by atoms with Crippen molar-refractivity contribution in [1.82, 2.24) is 0 Å². The largest absolute Gasteiger partial charge is 0.389 e. The van der Waals surface area contributed by atoms with Crippen molar-refractivity contribution in [3.05, 3.63) is 12.2 Å². The van der Waals surface area contributed by atoms with E-state index in [-0.39, 0.29) is 18.3 Å². The van der Waals surface area contributed by atoms with E-state index in [9.17, 15) is 5.11 Å². The average molecular weight is 200 g/mol. The van der Waals surface area contributed by atoms with Crippen LogP contribution in [0.2, 0.25) is 0 Å². The van der Waals surface area contributed by atoms with E-state index in [1.807, 2.05) is 6.92 Å². The van der Waals surface area contributed by atoms with Gasteiger partial charge in [-0.3, -0.25) is 0 Å². The summed E-state index contributed by atoms with van der Waals surface area (Å²) >= 11 is 0. The van der Waals surface area contributed by atoms with Gasteiger partial charge in [0.25, 0.3) is 0 Å². The summed E-state index contributed by atoms with van der Waals surface area (Å²) in [6.07, 6.45) is 1.03. The number of aliphatic hydroxyl groups is 1. The van der Waals surface area contributed by atoms with Crippen LogP contribution in [0.25, 0.3) is 0 Å². The molecule has 0 spiro atoms. The van der Waals surface area contributed by atoms with Crippen molar-refractivity contribution in [3.63, 3.8) is 0 Å². The van der Waals surface area contributed by atoms with Crippen molar-refractivity contribution in [1.29, 1.82) is 0 Å². The lowest BCUT2D eigenvalue weighted by molar-refractivity contribution is -0.152. The summed E-state index contributed by atoms with van der Waals surface area (Å²) in [5.74, 6) is 0.266. The summed E-state index contributed by atoms with van der Waals surface area (Å²) in [6, 6.07) is 0. The highest BCUT2D eigenvalue weighted by atomic mass is 16.7. The first kappa shape index (κ1) is 11.7. The summed E-state index contributed by atoms with van der Waals surface area (Å²) < 4.78 is 10.7. The maximum atomic E-state index is 9.63. The molecule has 4 atom stereocenters. The van der Waals surface area contributed by atoms with Gasteiger partial charge in [-0.1, -0.05) is 13.5 Å². The number of rotatable bonds is 4. The second-order valence-electron chi connectivity index (χ2n) is 3.82. The average Bonchev–Trinajstić information content (AvgIpc) is 2.42. The Labute approximate surface area is 85.7 Å². The first-order valence-corrected chi connectivity index (χ1v) is 5.15. The fraction of sp³-hybridized carbons (Fsp3) is 0.818. The van der Waals surface area contributed by atoms with Gasteiger partial charge in [-0.2, -0.15) is 0 Å². The molecule has 82 valence electrons. The molecule has 1 aliphatic rings. The first-order chi connectivity index (χ1) is 6.60. The molecule has 1 fully saturated rings. The monoisotopic (exact) mass is 200 g/mol. The van der Waals surface area contributed by atoms with Crippen LogP contribution in [0, 0.1) is 5.92 Å². The van der Waals surface area contributed by atoms with E-state index in [0.29, 0.717) is 6.42 Å². The molecule has 0 aromatic carbocycles. The highest BCUT2D eigenvalue weighted by molar-refractivity contribution is 5.15. The molecule has 0 bridgehead atoms. The van der Waals surface area contributed by atoms with Crippen LogP contribution in [0.5, 0.6) is 0 Å². The Morgan fingerprint density at radius 3 is 2.79 bits per heavy atom. The molecule has 0 amide bonds. The van der Waals surface area contributed by atoms with E-state index in [2.05, 4.69) is 13.5 Å². The van der Waals surface area contributed by atoms with Crippen molar-refractivity contribution in [3.8, 4) is 0 Å². The molecule has 0 aromatic rings. The van der Waals surface area contributed by atoms with Crippen LogP contribution in [0.15, 0.2) is 12.2 Å². The molecule has 3 nitrogen and oxygen atoms in total. The van der Waals surface area contributed by atoms with Crippen molar-refractivity contribution in [2.24, 2.45) is 5.92 Å². The van der Waals surface area contributed by atoms with E-state index >= 15 is 0 Å². The Hall–Kier alpha value is -0.380. The molecule has 14 heavy (non-hydrogen) atoms. The lowest BCUT2D eigenvalue weighted by atomic mass is 9.99. The van der Waals surface area contributed by atoms with Crippen LogP contribution in [-0.4, -0.2) is 30.7 Å². The number of aliphatic hydroxyl groups excluding tert-OH is 1. The van der Waals surface area contributed by atoms with E-state index < -0.39 is 6.10 Å². The van der Waals surface area contributed by atoms with E-state index in [4.69, 9.17) is 9.47 Å². The van der Waals surface area contributed by atoms with Gasteiger partial charge < -0.3 is 14.6 Å². The predicted molar refractivity (Wildman–Crippen MR) is 54.9 cm³/mol. The lowest BCUT2D eigenvalue weighted by Crippen LogP contribution is -2.24. The Morgan fingerprint density at radius 2 is 2.29 bits per heavy atom. The number of ether oxygens (including phenoxy) is 2. The first-order valence-electron chi connectivity index (χ1n) is 5.15. The van der Waals surface area contributed by atoms with Gasteiger partial charge in [0.1, 0.15) is 0 Å². The van der Waals surface area contributed by atoms with Gasteiger partial charge in [0.15, 0.2) is 6.29 Å². The maximum absolute atomic E-state index is 9.63. The second kappa shape index (κ2) is 4.91. The van der Waals surface area contributed by atoms with Crippen LogP contribution < -0.4 is 0 Å². The summed E-state index contributed by atoms with van der Waals surface area (Å²) in [7, 11) is 1.62. The molecule has 0 radical (unpaired) electrons. The van der Waals surface area contributed by atoms with Gasteiger partial charge in [-0.05, 0) is 18.9 Å². The predicted octanol–water partition coefficient (Wildman–Crippen LogP) is 1.71. The zero-order valence-electron chi connectivity index (χ0n) is 9.19. The summed E-state index contributed by atoms with van der Waals surface area (Å²) in [4.78, 5) is 0. The molecule has 1 saturated carbocycles. The van der Waals surface area contributed by atoms with Gasteiger partial charge >= 0.3 is 0 Å². The molecule has 1 aliphatic carbocycles. The minimum Gasteiger partial charge on any atom is -0.389 e. The molecule has 0 saturated heterocycles. The zero-order chi connectivity index (χ0) is 10.7. The van der Waals surface area contributed by atoms with Crippen LogP contribution in [0.3, 0.4) is 0 Å². The Balaban J connectivity index is 2.56. The molecule has 0 aromatic heterocycles. The maximum Gasteiger partial charge on any atom is 0.154 e. The fourth-order valence-corrected chi connectivity index (χ4v) is 2.00. The number of hydrogen-bond acceptors (Lipinski definition) is 3.